The molecule has 1 saturated carbocycles. The summed E-state index contributed by atoms with van der Waals surface area (Å²) in [5, 5.41) is 0. The fraction of sp³-hybridized carbons (Fsp3) is 0.600. The van der Waals surface area contributed by atoms with Crippen LogP contribution in [0.3, 0.4) is 0 Å². The summed E-state index contributed by atoms with van der Waals surface area (Å²) >= 11 is 0. The Morgan fingerprint density at radius 1 is 0.885 bits per heavy atom. The molecule has 0 aromatic heterocycles. The van der Waals surface area contributed by atoms with Gasteiger partial charge in [0.25, 0.3) is 0 Å². The zero-order valence-corrected chi connectivity index (χ0v) is 15.0. The van der Waals surface area contributed by atoms with E-state index >= 15 is 0 Å². The SMILES string of the molecule is O=C(OCCCCCCCCOC(=O)C1CC1)c1ccc2c(c1)OCO2. The van der Waals surface area contributed by atoms with Crippen LogP contribution >= 0.6 is 0 Å². The molecular weight excluding hydrogens is 336 g/mol. The van der Waals surface area contributed by atoms with Crippen LogP contribution in [0.4, 0.5) is 0 Å². The minimum atomic E-state index is -0.333. The summed E-state index contributed by atoms with van der Waals surface area (Å²) in [6, 6.07) is 5.06. The van der Waals surface area contributed by atoms with E-state index in [0.29, 0.717) is 30.3 Å². The lowest BCUT2D eigenvalue weighted by Crippen LogP contribution is -2.07. The molecule has 142 valence electrons. The summed E-state index contributed by atoms with van der Waals surface area (Å²) in [6.07, 6.45) is 8.07. The number of rotatable bonds is 11. The number of ether oxygens (including phenoxy) is 4. The lowest BCUT2D eigenvalue weighted by atomic mass is 10.1. The lowest BCUT2D eigenvalue weighted by Gasteiger charge is -2.06. The van der Waals surface area contributed by atoms with Crippen molar-refractivity contribution in [2.75, 3.05) is 20.0 Å². The van der Waals surface area contributed by atoms with Gasteiger partial charge >= 0.3 is 11.9 Å². The number of benzene rings is 1. The molecule has 0 amide bonds. The van der Waals surface area contributed by atoms with Crippen molar-refractivity contribution >= 4 is 11.9 Å². The molecule has 1 aliphatic heterocycles. The molecule has 1 fully saturated rings. The van der Waals surface area contributed by atoms with Crippen molar-refractivity contribution in [2.24, 2.45) is 5.92 Å². The summed E-state index contributed by atoms with van der Waals surface area (Å²) in [7, 11) is 0. The Morgan fingerprint density at radius 2 is 1.54 bits per heavy atom. The van der Waals surface area contributed by atoms with Crippen LogP contribution in [-0.4, -0.2) is 31.9 Å². The molecule has 3 rings (SSSR count). The number of carbonyl (C=O) groups excluding carboxylic acids is 2. The van der Waals surface area contributed by atoms with E-state index in [1.54, 1.807) is 18.2 Å². The summed E-state index contributed by atoms with van der Waals surface area (Å²) in [5.41, 5.74) is 0.481. The molecule has 0 unspecified atom stereocenters. The van der Waals surface area contributed by atoms with Crippen LogP contribution in [0.15, 0.2) is 18.2 Å². The summed E-state index contributed by atoms with van der Waals surface area (Å²) in [6.45, 7) is 1.16. The maximum atomic E-state index is 12.0. The fourth-order valence-electron chi connectivity index (χ4n) is 2.79. The number of hydrogen-bond acceptors (Lipinski definition) is 6. The standard InChI is InChI=1S/C20H26O6/c21-19(15-7-8-15)23-11-5-3-1-2-4-6-12-24-20(22)16-9-10-17-18(13-16)26-14-25-17/h9-10,13,15H,1-8,11-12,14H2. The Kier molecular flexibility index (Phi) is 6.75. The zero-order chi connectivity index (χ0) is 18.2. The van der Waals surface area contributed by atoms with Gasteiger partial charge in [0.2, 0.25) is 6.79 Å². The van der Waals surface area contributed by atoms with Crippen molar-refractivity contribution < 1.29 is 28.5 Å². The van der Waals surface area contributed by atoms with Crippen molar-refractivity contribution in [2.45, 2.75) is 51.4 Å². The van der Waals surface area contributed by atoms with Crippen molar-refractivity contribution in [3.8, 4) is 11.5 Å². The van der Waals surface area contributed by atoms with Gasteiger partial charge in [-0.15, -0.1) is 0 Å². The molecule has 0 spiro atoms. The summed E-state index contributed by atoms with van der Waals surface area (Å²) in [5.74, 6) is 1.08. The Hall–Kier alpha value is -2.24. The first-order valence-corrected chi connectivity index (χ1v) is 9.47. The second-order valence-electron chi connectivity index (χ2n) is 6.77. The highest BCUT2D eigenvalue weighted by molar-refractivity contribution is 5.90. The van der Waals surface area contributed by atoms with Gasteiger partial charge in [-0.1, -0.05) is 25.7 Å². The van der Waals surface area contributed by atoms with Gasteiger partial charge in [0.05, 0.1) is 24.7 Å². The molecule has 1 heterocycles. The fourth-order valence-corrected chi connectivity index (χ4v) is 2.79. The largest absolute Gasteiger partial charge is 0.465 e. The quantitative estimate of drug-likeness (QED) is 0.440. The molecule has 0 saturated heterocycles. The Balaban J connectivity index is 1.17. The average molecular weight is 362 g/mol. The smallest absolute Gasteiger partial charge is 0.338 e. The normalized spacial score (nSPS) is 14.9. The van der Waals surface area contributed by atoms with E-state index < -0.39 is 0 Å². The molecule has 6 nitrogen and oxygen atoms in total. The van der Waals surface area contributed by atoms with Gasteiger partial charge in [0.1, 0.15) is 0 Å². The van der Waals surface area contributed by atoms with Gasteiger partial charge in [-0.3, -0.25) is 4.79 Å². The highest BCUT2D eigenvalue weighted by Gasteiger charge is 2.30. The predicted octanol–water partition coefficient (Wildman–Crippen LogP) is 3.87. The molecule has 0 bridgehead atoms. The average Bonchev–Trinajstić information content (AvgIpc) is 3.40. The number of fused-ring (bicyclic) bond motifs is 1. The van der Waals surface area contributed by atoms with Crippen molar-refractivity contribution in [3.05, 3.63) is 23.8 Å². The maximum Gasteiger partial charge on any atom is 0.338 e. The first-order valence-electron chi connectivity index (χ1n) is 9.47. The van der Waals surface area contributed by atoms with Gasteiger partial charge in [0.15, 0.2) is 11.5 Å². The summed E-state index contributed by atoms with van der Waals surface area (Å²) < 4.78 is 21.0. The highest BCUT2D eigenvalue weighted by Crippen LogP contribution is 2.32. The molecule has 1 aromatic rings. The summed E-state index contributed by atoms with van der Waals surface area (Å²) in [4.78, 5) is 23.3. The van der Waals surface area contributed by atoms with Crippen molar-refractivity contribution in [3.63, 3.8) is 0 Å². The third-order valence-corrected chi connectivity index (χ3v) is 4.54. The van der Waals surface area contributed by atoms with Gasteiger partial charge in [-0.05, 0) is 43.9 Å². The monoisotopic (exact) mass is 362 g/mol. The molecule has 1 aromatic carbocycles. The lowest BCUT2D eigenvalue weighted by molar-refractivity contribution is -0.145. The van der Waals surface area contributed by atoms with Crippen molar-refractivity contribution in [1.82, 2.24) is 0 Å². The Bertz CT molecular complexity index is 623. The van der Waals surface area contributed by atoms with Crippen LogP contribution in [0.25, 0.3) is 0 Å². The van der Waals surface area contributed by atoms with E-state index in [0.717, 1.165) is 51.4 Å². The van der Waals surface area contributed by atoms with Crippen LogP contribution in [0.2, 0.25) is 0 Å². The highest BCUT2D eigenvalue weighted by atomic mass is 16.7. The first kappa shape index (κ1) is 18.5. The molecule has 0 radical (unpaired) electrons. The van der Waals surface area contributed by atoms with Gasteiger partial charge in [-0.2, -0.15) is 0 Å². The van der Waals surface area contributed by atoms with Crippen LogP contribution in [0.1, 0.15) is 61.7 Å². The maximum absolute atomic E-state index is 12.0. The van der Waals surface area contributed by atoms with Crippen LogP contribution in [0.5, 0.6) is 11.5 Å². The molecule has 2 aliphatic rings. The van der Waals surface area contributed by atoms with E-state index in [4.69, 9.17) is 18.9 Å². The second kappa shape index (κ2) is 9.46. The topological polar surface area (TPSA) is 71.1 Å². The minimum Gasteiger partial charge on any atom is -0.465 e. The van der Waals surface area contributed by atoms with Crippen molar-refractivity contribution in [1.29, 1.82) is 0 Å². The van der Waals surface area contributed by atoms with E-state index in [2.05, 4.69) is 0 Å². The predicted molar refractivity (Wildman–Crippen MR) is 94.2 cm³/mol. The van der Waals surface area contributed by atoms with E-state index in [9.17, 15) is 9.59 Å². The number of hydrogen-bond donors (Lipinski definition) is 0. The van der Waals surface area contributed by atoms with Crippen LogP contribution in [0, 0.1) is 5.92 Å². The molecule has 6 heteroatoms. The van der Waals surface area contributed by atoms with Gasteiger partial charge in [-0.25, -0.2) is 4.79 Å². The zero-order valence-electron chi connectivity index (χ0n) is 15.0. The van der Waals surface area contributed by atoms with Gasteiger partial charge < -0.3 is 18.9 Å². The van der Waals surface area contributed by atoms with E-state index in [1.165, 1.54) is 0 Å². The molecule has 1 aliphatic carbocycles. The third-order valence-electron chi connectivity index (χ3n) is 4.54. The van der Waals surface area contributed by atoms with Crippen LogP contribution in [-0.2, 0) is 14.3 Å². The second-order valence-corrected chi connectivity index (χ2v) is 6.77. The number of carbonyl (C=O) groups is 2. The number of unbranched alkanes of at least 4 members (excludes halogenated alkanes) is 5. The van der Waals surface area contributed by atoms with E-state index in [-0.39, 0.29) is 24.6 Å². The minimum absolute atomic E-state index is 0.0192. The first-order chi connectivity index (χ1) is 12.7. The Morgan fingerprint density at radius 3 is 2.27 bits per heavy atom. The van der Waals surface area contributed by atoms with Gasteiger partial charge in [0, 0.05) is 0 Å². The third kappa shape index (κ3) is 5.64. The number of esters is 2. The Labute approximate surface area is 153 Å². The molecule has 0 atom stereocenters. The molecule has 26 heavy (non-hydrogen) atoms. The molecular formula is C20H26O6. The van der Waals surface area contributed by atoms with Crippen LogP contribution < -0.4 is 9.47 Å². The molecule has 0 N–H and O–H groups in total. The van der Waals surface area contributed by atoms with E-state index in [1.807, 2.05) is 0 Å².